The van der Waals surface area contributed by atoms with Gasteiger partial charge >= 0.3 is 11.9 Å². The van der Waals surface area contributed by atoms with Crippen LogP contribution in [-0.2, 0) is 19.1 Å². The first-order chi connectivity index (χ1) is 15.4. The molecule has 1 aromatic heterocycles. The summed E-state index contributed by atoms with van der Waals surface area (Å²) in [4.78, 5) is 30.1. The fraction of sp³-hybridized carbons (Fsp3) is 0.346. The molecule has 0 bridgehead atoms. The minimum absolute atomic E-state index is 0.203. The van der Waals surface area contributed by atoms with E-state index in [-0.39, 0.29) is 11.8 Å². The van der Waals surface area contributed by atoms with Gasteiger partial charge in [-0.3, -0.25) is 4.98 Å². The molecule has 168 valence electrons. The van der Waals surface area contributed by atoms with Crippen molar-refractivity contribution in [3.8, 4) is 11.1 Å². The highest BCUT2D eigenvalue weighted by Gasteiger charge is 2.34. The molecule has 0 saturated carbocycles. The van der Waals surface area contributed by atoms with Crippen LogP contribution in [0.2, 0.25) is 0 Å². The number of benzene rings is 1. The number of pyridine rings is 1. The Labute approximate surface area is 189 Å². The highest BCUT2D eigenvalue weighted by molar-refractivity contribution is 5.98. The number of ether oxygens (including phenoxy) is 2. The van der Waals surface area contributed by atoms with Crippen molar-refractivity contribution in [3.63, 3.8) is 0 Å². The summed E-state index contributed by atoms with van der Waals surface area (Å²) in [5, 5.41) is 2.93. The zero-order valence-electron chi connectivity index (χ0n) is 19.0. The second-order valence-electron chi connectivity index (χ2n) is 8.65. The molecule has 0 aliphatic carbocycles. The molecule has 1 aliphatic heterocycles. The number of carbonyl (C=O) groups excluding carboxylic acids is 2. The summed E-state index contributed by atoms with van der Waals surface area (Å²) < 4.78 is 11.0. The highest BCUT2D eigenvalue weighted by Crippen LogP contribution is 2.36. The largest absolute Gasteiger partial charge is 0.462 e. The first-order valence-electron chi connectivity index (χ1n) is 10.9. The zero-order chi connectivity index (χ0) is 23.1. The van der Waals surface area contributed by atoms with Gasteiger partial charge in [-0.1, -0.05) is 58.0 Å². The van der Waals surface area contributed by atoms with Crippen LogP contribution in [-0.4, -0.2) is 30.1 Å². The monoisotopic (exact) mass is 434 g/mol. The summed E-state index contributed by atoms with van der Waals surface area (Å²) in [5.41, 5.74) is 3.43. The van der Waals surface area contributed by atoms with Crippen molar-refractivity contribution in [2.24, 2.45) is 11.8 Å². The number of rotatable bonds is 8. The third kappa shape index (κ3) is 5.84. The average molecular weight is 435 g/mol. The van der Waals surface area contributed by atoms with Crippen molar-refractivity contribution < 1.29 is 19.1 Å². The summed E-state index contributed by atoms with van der Waals surface area (Å²) in [7, 11) is 0. The van der Waals surface area contributed by atoms with Crippen LogP contribution in [0.5, 0.6) is 0 Å². The number of esters is 2. The Morgan fingerprint density at radius 3 is 2.03 bits per heavy atom. The van der Waals surface area contributed by atoms with Crippen LogP contribution in [0.15, 0.2) is 72.3 Å². The van der Waals surface area contributed by atoms with Gasteiger partial charge < -0.3 is 14.8 Å². The van der Waals surface area contributed by atoms with Gasteiger partial charge in [-0.25, -0.2) is 9.59 Å². The summed E-state index contributed by atoms with van der Waals surface area (Å²) in [5.74, 6) is -1.10. The average Bonchev–Trinajstić information content (AvgIpc) is 2.81. The van der Waals surface area contributed by atoms with E-state index in [1.54, 1.807) is 24.8 Å². The van der Waals surface area contributed by atoms with E-state index in [1.807, 2.05) is 64.1 Å². The minimum atomic E-state index is -0.604. The lowest BCUT2D eigenvalue weighted by Crippen LogP contribution is -2.28. The lowest BCUT2D eigenvalue weighted by atomic mass is 9.82. The lowest BCUT2D eigenvalue weighted by molar-refractivity contribution is -0.141. The molecule has 2 heterocycles. The maximum Gasteiger partial charge on any atom is 0.336 e. The van der Waals surface area contributed by atoms with Gasteiger partial charge in [-0.15, -0.1) is 0 Å². The Morgan fingerprint density at radius 2 is 1.50 bits per heavy atom. The van der Waals surface area contributed by atoms with Crippen molar-refractivity contribution >= 4 is 11.9 Å². The second kappa shape index (κ2) is 10.8. The molecular weight excluding hydrogens is 404 g/mol. The van der Waals surface area contributed by atoms with E-state index >= 15 is 0 Å². The van der Waals surface area contributed by atoms with Crippen molar-refractivity contribution in [2.45, 2.75) is 33.6 Å². The van der Waals surface area contributed by atoms with E-state index in [0.29, 0.717) is 24.4 Å². The van der Waals surface area contributed by atoms with Crippen molar-refractivity contribution in [3.05, 3.63) is 77.9 Å². The van der Waals surface area contributed by atoms with Crippen molar-refractivity contribution in [1.82, 2.24) is 10.3 Å². The van der Waals surface area contributed by atoms with Gasteiger partial charge in [0.1, 0.15) is 0 Å². The number of carbonyl (C=O) groups is 2. The van der Waals surface area contributed by atoms with Crippen LogP contribution < -0.4 is 5.32 Å². The van der Waals surface area contributed by atoms with E-state index in [9.17, 15) is 9.59 Å². The highest BCUT2D eigenvalue weighted by atomic mass is 16.5. The zero-order valence-corrected chi connectivity index (χ0v) is 19.0. The molecule has 32 heavy (non-hydrogen) atoms. The van der Waals surface area contributed by atoms with Crippen LogP contribution in [0.25, 0.3) is 11.1 Å². The van der Waals surface area contributed by atoms with E-state index in [0.717, 1.165) is 16.7 Å². The predicted octanol–water partition coefficient (Wildman–Crippen LogP) is 4.60. The van der Waals surface area contributed by atoms with Gasteiger partial charge in [0, 0.05) is 24.8 Å². The standard InChI is InChI=1S/C26H30N2O4/c1-17(2)15-31-25(29)22-13-28-14-23(26(30)32-16-18(3)4)24(22)20-8-5-7-19(11-20)21-9-6-10-27-12-21/h5-14,17-18,24,28H,15-16H2,1-4H3. The number of aromatic nitrogens is 1. The fourth-order valence-electron chi connectivity index (χ4n) is 3.35. The molecule has 0 radical (unpaired) electrons. The Balaban J connectivity index is 1.98. The predicted molar refractivity (Wildman–Crippen MR) is 123 cm³/mol. The van der Waals surface area contributed by atoms with Gasteiger partial charge in [0.25, 0.3) is 0 Å². The fourth-order valence-corrected chi connectivity index (χ4v) is 3.35. The Kier molecular flexibility index (Phi) is 7.82. The molecule has 0 unspecified atom stereocenters. The summed E-state index contributed by atoms with van der Waals surface area (Å²) >= 11 is 0. The van der Waals surface area contributed by atoms with Crippen molar-refractivity contribution in [2.75, 3.05) is 13.2 Å². The van der Waals surface area contributed by atoms with Gasteiger partial charge in [-0.2, -0.15) is 0 Å². The Bertz CT molecular complexity index is 969. The summed E-state index contributed by atoms with van der Waals surface area (Å²) in [6, 6.07) is 11.6. The van der Waals surface area contributed by atoms with E-state index in [1.165, 1.54) is 0 Å². The Morgan fingerprint density at radius 1 is 0.906 bits per heavy atom. The molecule has 0 fully saturated rings. The topological polar surface area (TPSA) is 77.5 Å². The minimum Gasteiger partial charge on any atom is -0.462 e. The first-order valence-corrected chi connectivity index (χ1v) is 10.9. The molecule has 2 aromatic rings. The molecule has 1 aliphatic rings. The molecule has 0 amide bonds. The van der Waals surface area contributed by atoms with Gasteiger partial charge in [0.2, 0.25) is 0 Å². The maximum atomic E-state index is 13.0. The van der Waals surface area contributed by atoms with Crippen LogP contribution in [0.1, 0.15) is 39.2 Å². The van der Waals surface area contributed by atoms with Gasteiger partial charge in [0.05, 0.1) is 30.3 Å². The van der Waals surface area contributed by atoms with Crippen LogP contribution in [0.4, 0.5) is 0 Å². The lowest BCUT2D eigenvalue weighted by Gasteiger charge is -2.26. The van der Waals surface area contributed by atoms with E-state index < -0.39 is 17.9 Å². The molecule has 6 nitrogen and oxygen atoms in total. The van der Waals surface area contributed by atoms with Gasteiger partial charge in [0.15, 0.2) is 0 Å². The SMILES string of the molecule is CC(C)COC(=O)C1=CNC=C(C(=O)OCC(C)C)C1c1cccc(-c2cccnc2)c1. The van der Waals surface area contributed by atoms with Crippen LogP contribution in [0.3, 0.4) is 0 Å². The molecule has 0 saturated heterocycles. The number of dihydropyridines is 1. The maximum absolute atomic E-state index is 13.0. The Hall–Kier alpha value is -3.41. The smallest absolute Gasteiger partial charge is 0.336 e. The number of nitrogens with one attached hydrogen (secondary N) is 1. The summed E-state index contributed by atoms with van der Waals surface area (Å²) in [6.45, 7) is 8.51. The molecule has 1 aromatic carbocycles. The van der Waals surface area contributed by atoms with E-state index in [2.05, 4.69) is 10.3 Å². The quantitative estimate of drug-likeness (QED) is 0.612. The number of nitrogens with zero attached hydrogens (tertiary/aromatic N) is 1. The third-order valence-corrected chi connectivity index (χ3v) is 4.88. The second-order valence-corrected chi connectivity index (χ2v) is 8.65. The number of hydrogen-bond acceptors (Lipinski definition) is 6. The van der Waals surface area contributed by atoms with E-state index in [4.69, 9.17) is 9.47 Å². The molecule has 3 rings (SSSR count). The molecule has 6 heteroatoms. The molecule has 0 spiro atoms. The first kappa shape index (κ1) is 23.3. The van der Waals surface area contributed by atoms with Crippen molar-refractivity contribution in [1.29, 1.82) is 0 Å². The molecular formula is C26H30N2O4. The molecule has 0 atom stereocenters. The molecule has 1 N–H and O–H groups in total. The third-order valence-electron chi connectivity index (χ3n) is 4.88. The normalized spacial score (nSPS) is 13.9. The van der Waals surface area contributed by atoms with Crippen LogP contribution >= 0.6 is 0 Å². The number of hydrogen-bond donors (Lipinski definition) is 1. The van der Waals surface area contributed by atoms with Crippen LogP contribution in [0, 0.1) is 11.8 Å². The summed E-state index contributed by atoms with van der Waals surface area (Å²) in [6.07, 6.45) is 6.70. The van der Waals surface area contributed by atoms with Gasteiger partial charge in [-0.05, 0) is 34.6 Å².